The second-order valence-corrected chi connectivity index (χ2v) is 12.7. The molecule has 0 aliphatic rings. The smallest absolute Gasteiger partial charge is 0.189 e. The van der Waals surface area contributed by atoms with Gasteiger partial charge in [-0.3, -0.25) is 4.79 Å². The number of ether oxygens (including phenoxy) is 2. The van der Waals surface area contributed by atoms with Crippen molar-refractivity contribution < 1.29 is 19.4 Å². The summed E-state index contributed by atoms with van der Waals surface area (Å²) in [6.45, 7) is 5.93. The fourth-order valence-corrected chi connectivity index (χ4v) is 5.64. The van der Waals surface area contributed by atoms with E-state index in [1.165, 1.54) is 134 Å². The van der Waals surface area contributed by atoms with Crippen LogP contribution in [0.4, 0.5) is 0 Å². The number of rotatable bonds is 29. The van der Waals surface area contributed by atoms with Crippen LogP contribution in [0.5, 0.6) is 11.5 Å². The van der Waals surface area contributed by atoms with Crippen LogP contribution in [0, 0.1) is 0 Å². The third-order valence-electron chi connectivity index (χ3n) is 8.59. The SMILES string of the molecule is CCCCCCCCCCCCCCOc1ccc(/C(O)=C/C(=O)c2ccc(OCCCCCCCCCCCC)cc2)cc1. The van der Waals surface area contributed by atoms with E-state index < -0.39 is 0 Å². The molecule has 0 fully saturated rings. The van der Waals surface area contributed by atoms with E-state index in [1.807, 2.05) is 24.3 Å². The van der Waals surface area contributed by atoms with Crippen LogP contribution in [0.2, 0.25) is 0 Å². The van der Waals surface area contributed by atoms with E-state index in [1.54, 1.807) is 24.3 Å². The van der Waals surface area contributed by atoms with Crippen molar-refractivity contribution in [2.75, 3.05) is 13.2 Å². The summed E-state index contributed by atoms with van der Waals surface area (Å²) in [5, 5.41) is 10.5. The van der Waals surface area contributed by atoms with Gasteiger partial charge in [-0.25, -0.2) is 0 Å². The Kier molecular flexibility index (Phi) is 22.6. The molecule has 0 radical (unpaired) electrons. The second-order valence-electron chi connectivity index (χ2n) is 12.7. The molecular formula is C41H64O4. The van der Waals surface area contributed by atoms with Gasteiger partial charge >= 0.3 is 0 Å². The number of aliphatic hydroxyl groups excluding tert-OH is 1. The van der Waals surface area contributed by atoms with Gasteiger partial charge in [0.2, 0.25) is 0 Å². The fraction of sp³-hybridized carbons (Fsp3) is 0.634. The molecule has 0 aromatic heterocycles. The topological polar surface area (TPSA) is 55.8 Å². The largest absolute Gasteiger partial charge is 0.507 e. The first-order chi connectivity index (χ1) is 22.1. The highest BCUT2D eigenvalue weighted by atomic mass is 16.5. The van der Waals surface area contributed by atoms with Gasteiger partial charge in [-0.05, 0) is 61.4 Å². The number of unbranched alkanes of at least 4 members (excludes halogenated alkanes) is 20. The normalized spacial score (nSPS) is 11.6. The molecule has 0 saturated heterocycles. The number of carbonyl (C=O) groups is 1. The van der Waals surface area contributed by atoms with E-state index >= 15 is 0 Å². The van der Waals surface area contributed by atoms with Crippen LogP contribution in [0.25, 0.3) is 5.76 Å². The number of hydrogen-bond donors (Lipinski definition) is 1. The number of ketones is 1. The van der Waals surface area contributed by atoms with Crippen molar-refractivity contribution in [1.82, 2.24) is 0 Å². The molecule has 2 aromatic rings. The maximum Gasteiger partial charge on any atom is 0.189 e. The summed E-state index contributed by atoms with van der Waals surface area (Å²) in [4.78, 5) is 12.7. The third kappa shape index (κ3) is 19.4. The van der Waals surface area contributed by atoms with E-state index in [-0.39, 0.29) is 11.5 Å². The first-order valence-electron chi connectivity index (χ1n) is 18.5. The fourth-order valence-electron chi connectivity index (χ4n) is 5.64. The molecule has 2 aromatic carbocycles. The number of hydrogen-bond acceptors (Lipinski definition) is 4. The maximum atomic E-state index is 12.7. The molecule has 0 aliphatic carbocycles. The van der Waals surface area contributed by atoms with Crippen molar-refractivity contribution in [3.05, 3.63) is 65.7 Å². The lowest BCUT2D eigenvalue weighted by Gasteiger charge is -2.08. The predicted molar refractivity (Wildman–Crippen MR) is 192 cm³/mol. The van der Waals surface area contributed by atoms with Crippen LogP contribution >= 0.6 is 0 Å². The summed E-state index contributed by atoms with van der Waals surface area (Å²) in [7, 11) is 0. The summed E-state index contributed by atoms with van der Waals surface area (Å²) in [6, 6.07) is 14.5. The first-order valence-corrected chi connectivity index (χ1v) is 18.5. The van der Waals surface area contributed by atoms with Crippen molar-refractivity contribution >= 4 is 11.5 Å². The second kappa shape index (κ2) is 26.5. The van der Waals surface area contributed by atoms with E-state index in [2.05, 4.69) is 13.8 Å². The summed E-state index contributed by atoms with van der Waals surface area (Å²) in [5.41, 5.74) is 1.12. The molecule has 0 bridgehead atoms. The molecule has 0 heterocycles. The van der Waals surface area contributed by atoms with Crippen LogP contribution in [-0.2, 0) is 0 Å². The van der Waals surface area contributed by atoms with Gasteiger partial charge in [-0.1, -0.05) is 142 Å². The molecule has 0 atom stereocenters. The van der Waals surface area contributed by atoms with Crippen LogP contribution in [0.3, 0.4) is 0 Å². The molecule has 1 N–H and O–H groups in total. The van der Waals surface area contributed by atoms with Crippen molar-refractivity contribution in [1.29, 1.82) is 0 Å². The Morgan fingerprint density at radius 3 is 1.16 bits per heavy atom. The summed E-state index contributed by atoms with van der Waals surface area (Å²) in [6.07, 6.45) is 30.2. The summed E-state index contributed by atoms with van der Waals surface area (Å²) >= 11 is 0. The van der Waals surface area contributed by atoms with Gasteiger partial charge in [0.25, 0.3) is 0 Å². The van der Waals surface area contributed by atoms with Crippen molar-refractivity contribution in [3.8, 4) is 11.5 Å². The van der Waals surface area contributed by atoms with Crippen molar-refractivity contribution in [2.24, 2.45) is 0 Å². The zero-order valence-electron chi connectivity index (χ0n) is 28.8. The van der Waals surface area contributed by atoms with Crippen LogP contribution < -0.4 is 9.47 Å². The molecule has 0 spiro atoms. The molecule has 252 valence electrons. The highest BCUT2D eigenvalue weighted by molar-refractivity contribution is 6.07. The summed E-state index contributed by atoms with van der Waals surface area (Å²) in [5.74, 6) is 1.28. The monoisotopic (exact) mass is 620 g/mol. The maximum absolute atomic E-state index is 12.7. The molecule has 0 unspecified atom stereocenters. The molecule has 4 heteroatoms. The lowest BCUT2D eigenvalue weighted by Crippen LogP contribution is -2.00. The molecule has 0 amide bonds. The number of benzene rings is 2. The van der Waals surface area contributed by atoms with Crippen LogP contribution in [0.1, 0.15) is 171 Å². The Bertz CT molecular complexity index is 1010. The van der Waals surface area contributed by atoms with Gasteiger partial charge in [0, 0.05) is 17.2 Å². The minimum Gasteiger partial charge on any atom is -0.507 e. The molecular weight excluding hydrogens is 556 g/mol. The number of carbonyl (C=O) groups excluding carboxylic acids is 1. The molecule has 0 saturated carbocycles. The highest BCUT2D eigenvalue weighted by Crippen LogP contribution is 2.20. The van der Waals surface area contributed by atoms with Crippen molar-refractivity contribution in [3.63, 3.8) is 0 Å². The van der Waals surface area contributed by atoms with E-state index in [0.717, 1.165) is 24.3 Å². The number of aliphatic hydroxyl groups is 1. The molecule has 0 aliphatic heterocycles. The van der Waals surface area contributed by atoms with Gasteiger partial charge in [-0.15, -0.1) is 0 Å². The number of allylic oxidation sites excluding steroid dienone is 1. The van der Waals surface area contributed by atoms with E-state index in [9.17, 15) is 9.90 Å². The average Bonchev–Trinajstić information content (AvgIpc) is 3.06. The van der Waals surface area contributed by atoms with Gasteiger partial charge in [0.1, 0.15) is 17.3 Å². The molecule has 4 nitrogen and oxygen atoms in total. The minimum atomic E-state index is -0.235. The van der Waals surface area contributed by atoms with E-state index in [4.69, 9.17) is 9.47 Å². The molecule has 45 heavy (non-hydrogen) atoms. The van der Waals surface area contributed by atoms with E-state index in [0.29, 0.717) is 24.3 Å². The third-order valence-corrected chi connectivity index (χ3v) is 8.59. The Morgan fingerprint density at radius 1 is 0.489 bits per heavy atom. The zero-order valence-corrected chi connectivity index (χ0v) is 28.8. The highest BCUT2D eigenvalue weighted by Gasteiger charge is 2.08. The Labute approximate surface area is 276 Å². The molecule has 2 rings (SSSR count). The quantitative estimate of drug-likeness (QED) is 0.0425. The van der Waals surface area contributed by atoms with Crippen LogP contribution in [-0.4, -0.2) is 24.1 Å². The average molecular weight is 621 g/mol. The van der Waals surface area contributed by atoms with Crippen LogP contribution in [0.15, 0.2) is 54.6 Å². The lowest BCUT2D eigenvalue weighted by atomic mass is 10.1. The first kappa shape index (κ1) is 38.4. The Morgan fingerprint density at radius 2 is 0.800 bits per heavy atom. The Balaban J connectivity index is 1.56. The van der Waals surface area contributed by atoms with Gasteiger partial charge in [0.05, 0.1) is 13.2 Å². The standard InChI is InChI=1S/C41H64O4/c1-3-5-7-9-11-13-15-16-18-20-22-24-34-45-39-31-27-37(28-32-39)41(43)35-40(42)36-25-29-38(30-26-36)44-33-23-21-19-17-14-12-10-8-6-4-2/h25-32,35,43H,3-24,33-34H2,1-2H3/b41-35-. The Hall–Kier alpha value is -2.75. The zero-order chi connectivity index (χ0) is 32.2. The van der Waals surface area contributed by atoms with Gasteiger partial charge < -0.3 is 14.6 Å². The van der Waals surface area contributed by atoms with Gasteiger partial charge in [-0.2, -0.15) is 0 Å². The lowest BCUT2D eigenvalue weighted by molar-refractivity contribution is 0.104. The summed E-state index contributed by atoms with van der Waals surface area (Å²) < 4.78 is 11.8. The predicted octanol–water partition coefficient (Wildman–Crippen LogP) is 12.8. The van der Waals surface area contributed by atoms with Gasteiger partial charge in [0.15, 0.2) is 5.78 Å². The van der Waals surface area contributed by atoms with Crippen molar-refractivity contribution in [2.45, 2.75) is 155 Å². The minimum absolute atomic E-state index is 0.0474.